The third kappa shape index (κ3) is 12.1. The summed E-state index contributed by atoms with van der Waals surface area (Å²) in [6.45, 7) is 7.83. The van der Waals surface area contributed by atoms with E-state index in [1.54, 1.807) is 0 Å². The Kier molecular flexibility index (Phi) is 15.6. The zero-order chi connectivity index (χ0) is 45.4. The van der Waals surface area contributed by atoms with Crippen molar-refractivity contribution >= 4 is 33.5 Å². The van der Waals surface area contributed by atoms with Gasteiger partial charge in [-0.1, -0.05) is 74.9 Å². The maximum absolute atomic E-state index is 12.0. The fourth-order valence-corrected chi connectivity index (χ4v) is 13.0. The van der Waals surface area contributed by atoms with E-state index in [-0.39, 0.29) is 17.8 Å². The zero-order valence-corrected chi connectivity index (χ0v) is 40.1. The number of rotatable bonds is 11. The summed E-state index contributed by atoms with van der Waals surface area (Å²) in [5, 5.41) is 14.2. The normalized spacial score (nSPS) is 23.3. The second kappa shape index (κ2) is 21.9. The van der Waals surface area contributed by atoms with Crippen LogP contribution in [0, 0.1) is 22.7 Å². The Bertz CT molecular complexity index is 2210. The third-order valence-electron chi connectivity index (χ3n) is 17.1. The van der Waals surface area contributed by atoms with Crippen LogP contribution < -0.4 is 9.47 Å². The lowest BCUT2D eigenvalue weighted by molar-refractivity contribution is -0.149. The molecular weight excluding hydrogens is 821 g/mol. The van der Waals surface area contributed by atoms with E-state index in [1.807, 2.05) is 6.92 Å². The topological polar surface area (TPSA) is 88.5 Å². The lowest BCUT2D eigenvalue weighted by Gasteiger charge is -2.42. The maximum Gasteiger partial charge on any atom is 0.309 e. The van der Waals surface area contributed by atoms with Crippen molar-refractivity contribution in [1.29, 1.82) is 0 Å². The molecule has 4 aliphatic carbocycles. The quantitative estimate of drug-likeness (QED) is 0.149. The van der Waals surface area contributed by atoms with Crippen LogP contribution in [-0.4, -0.2) is 71.8 Å². The molecule has 0 atom stereocenters. The Balaban J connectivity index is 0.000000166. The number of hydrogen-bond donors (Lipinski definition) is 1. The van der Waals surface area contributed by atoms with Gasteiger partial charge in [-0.2, -0.15) is 0 Å². The van der Waals surface area contributed by atoms with Gasteiger partial charge in [-0.15, -0.1) is 0 Å². The molecular formula is C58H78N2O6. The molecule has 8 heteroatoms. The van der Waals surface area contributed by atoms with Crippen LogP contribution in [0.15, 0.2) is 72.8 Å². The van der Waals surface area contributed by atoms with Crippen molar-refractivity contribution in [2.24, 2.45) is 22.7 Å². The van der Waals surface area contributed by atoms with Crippen LogP contribution in [0.4, 0.5) is 0 Å². The molecule has 4 aromatic carbocycles. The van der Waals surface area contributed by atoms with Crippen molar-refractivity contribution in [3.8, 4) is 11.5 Å². The summed E-state index contributed by atoms with van der Waals surface area (Å²) in [4.78, 5) is 28.0. The van der Waals surface area contributed by atoms with Gasteiger partial charge in [0.05, 0.1) is 30.7 Å². The Morgan fingerprint density at radius 1 is 0.515 bits per heavy atom. The van der Waals surface area contributed by atoms with Gasteiger partial charge in [0.1, 0.15) is 11.5 Å². The number of carbonyl (C=O) groups excluding carboxylic acids is 1. The SMILES string of the molecule is CCOC(=O)C1CCN(Cc2ccc3cc(OC4CCC5(CCCCC5)CC4)ccc3c2)CC1.O=C(O)C1CCN(Cc2ccc3cc(OC4CCC5(CCCCC5)CC4)ccc3c2)CC1. The molecule has 66 heavy (non-hydrogen) atoms. The first-order valence-electron chi connectivity index (χ1n) is 26.4. The first kappa shape index (κ1) is 46.9. The number of hydrogen-bond acceptors (Lipinski definition) is 7. The summed E-state index contributed by atoms with van der Waals surface area (Å²) < 4.78 is 18.1. The van der Waals surface area contributed by atoms with Crippen LogP contribution in [0.5, 0.6) is 11.5 Å². The van der Waals surface area contributed by atoms with Gasteiger partial charge in [-0.3, -0.25) is 19.4 Å². The van der Waals surface area contributed by atoms with E-state index in [1.165, 1.54) is 148 Å². The third-order valence-corrected chi connectivity index (χ3v) is 17.1. The standard InChI is InChI=1S/C30H41NO3.C28H37NO3/c1-2-33-29(32)24-12-18-31(19-13-24)22-23-6-7-26-21-28(9-8-25(26)20-23)34-27-10-16-30(17-11-27)14-4-3-5-15-30;30-27(31)22-10-16-29(17-11-22)20-21-4-5-24-19-26(7-6-23(24)18-21)32-25-8-14-28(15-9-25)12-2-1-3-13-28/h6-9,20-21,24,27H,2-5,10-19,22H2,1H3;4-7,18-19,22,25H,1-3,8-17,20H2,(H,30,31). The molecule has 8 nitrogen and oxygen atoms in total. The van der Waals surface area contributed by atoms with Crippen LogP contribution in [-0.2, 0) is 27.4 Å². The highest BCUT2D eigenvalue weighted by molar-refractivity contribution is 5.85. The molecule has 0 radical (unpaired) electrons. The number of carboxylic acids is 1. The summed E-state index contributed by atoms with van der Waals surface area (Å²) in [6.07, 6.45) is 28.7. The zero-order valence-electron chi connectivity index (χ0n) is 40.1. The van der Waals surface area contributed by atoms with E-state index in [0.29, 0.717) is 29.6 Å². The second-order valence-corrected chi connectivity index (χ2v) is 21.6. The van der Waals surface area contributed by atoms with E-state index in [0.717, 1.165) is 76.5 Å². The maximum atomic E-state index is 12.0. The van der Waals surface area contributed by atoms with Crippen molar-refractivity contribution in [1.82, 2.24) is 9.80 Å². The van der Waals surface area contributed by atoms with Gasteiger partial charge in [-0.25, -0.2) is 0 Å². The Labute approximate surface area is 395 Å². The number of likely N-dealkylation sites (tertiary alicyclic amines) is 2. The minimum absolute atomic E-state index is 0.0207. The number of nitrogens with zero attached hydrogens (tertiary/aromatic N) is 2. The average molecular weight is 899 g/mol. The molecule has 4 saturated carbocycles. The number of piperidine rings is 2. The summed E-state index contributed by atoms with van der Waals surface area (Å²) in [6, 6.07) is 26.6. The molecule has 6 fully saturated rings. The molecule has 2 saturated heterocycles. The van der Waals surface area contributed by atoms with Crippen molar-refractivity contribution in [3.05, 3.63) is 83.9 Å². The van der Waals surface area contributed by atoms with Crippen LogP contribution in [0.1, 0.15) is 159 Å². The van der Waals surface area contributed by atoms with Gasteiger partial charge in [0.15, 0.2) is 0 Å². The molecule has 1 N–H and O–H groups in total. The van der Waals surface area contributed by atoms with Crippen molar-refractivity contribution in [3.63, 3.8) is 0 Å². The number of carbonyl (C=O) groups is 2. The minimum atomic E-state index is -0.643. The molecule has 356 valence electrons. The summed E-state index contributed by atoms with van der Waals surface area (Å²) in [5.74, 6) is 1.27. The van der Waals surface area contributed by atoms with E-state index in [4.69, 9.17) is 14.2 Å². The fourth-order valence-electron chi connectivity index (χ4n) is 13.0. The first-order valence-corrected chi connectivity index (χ1v) is 26.4. The monoisotopic (exact) mass is 899 g/mol. The molecule has 10 rings (SSSR count). The second-order valence-electron chi connectivity index (χ2n) is 21.6. The highest BCUT2D eigenvalue weighted by Crippen LogP contribution is 2.49. The average Bonchev–Trinajstić information content (AvgIpc) is 3.34. The lowest BCUT2D eigenvalue weighted by atomic mass is 9.65. The van der Waals surface area contributed by atoms with Gasteiger partial charge in [-0.05, 0) is 216 Å². The predicted octanol–water partition coefficient (Wildman–Crippen LogP) is 13.3. The van der Waals surface area contributed by atoms with E-state index >= 15 is 0 Å². The van der Waals surface area contributed by atoms with Crippen LogP contribution in [0.25, 0.3) is 21.5 Å². The number of esters is 1. The van der Waals surface area contributed by atoms with E-state index in [2.05, 4.69) is 82.6 Å². The molecule has 0 unspecified atom stereocenters. The molecule has 2 heterocycles. The summed E-state index contributed by atoms with van der Waals surface area (Å²) in [7, 11) is 0. The predicted molar refractivity (Wildman–Crippen MR) is 265 cm³/mol. The van der Waals surface area contributed by atoms with Gasteiger partial charge in [0.2, 0.25) is 0 Å². The minimum Gasteiger partial charge on any atom is -0.490 e. The molecule has 0 aromatic heterocycles. The molecule has 2 spiro atoms. The highest BCUT2D eigenvalue weighted by Gasteiger charge is 2.38. The van der Waals surface area contributed by atoms with Crippen molar-refractivity contribution < 1.29 is 28.9 Å². The van der Waals surface area contributed by atoms with Gasteiger partial charge < -0.3 is 19.3 Å². The fraction of sp³-hybridized carbons (Fsp3) is 0.621. The van der Waals surface area contributed by atoms with Gasteiger partial charge in [0, 0.05) is 13.1 Å². The summed E-state index contributed by atoms with van der Waals surface area (Å²) in [5.41, 5.74) is 3.91. The van der Waals surface area contributed by atoms with Gasteiger partial charge >= 0.3 is 11.9 Å². The summed E-state index contributed by atoms with van der Waals surface area (Å²) >= 11 is 0. The smallest absolute Gasteiger partial charge is 0.309 e. The van der Waals surface area contributed by atoms with E-state index in [9.17, 15) is 14.7 Å². The largest absolute Gasteiger partial charge is 0.490 e. The number of carboxylic acid groups (broad SMARTS) is 1. The molecule has 0 amide bonds. The van der Waals surface area contributed by atoms with E-state index < -0.39 is 5.97 Å². The number of aliphatic carboxylic acids is 1. The highest BCUT2D eigenvalue weighted by atomic mass is 16.5. The van der Waals surface area contributed by atoms with Crippen molar-refractivity contribution in [2.45, 2.75) is 173 Å². The van der Waals surface area contributed by atoms with Gasteiger partial charge in [0.25, 0.3) is 0 Å². The Morgan fingerprint density at radius 3 is 1.32 bits per heavy atom. The first-order chi connectivity index (χ1) is 32.2. The molecule has 0 bridgehead atoms. The van der Waals surface area contributed by atoms with Crippen LogP contribution in [0.2, 0.25) is 0 Å². The molecule has 2 aliphatic heterocycles. The lowest BCUT2D eigenvalue weighted by Crippen LogP contribution is -2.36. The molecule has 6 aliphatic rings. The number of ether oxygens (including phenoxy) is 3. The number of fused-ring (bicyclic) bond motifs is 2. The number of benzene rings is 4. The van der Waals surface area contributed by atoms with Crippen molar-refractivity contribution in [2.75, 3.05) is 32.8 Å². The van der Waals surface area contributed by atoms with Crippen LogP contribution >= 0.6 is 0 Å². The Hall–Kier alpha value is -4.14. The molecule has 4 aromatic rings. The van der Waals surface area contributed by atoms with Crippen LogP contribution in [0.3, 0.4) is 0 Å². The Morgan fingerprint density at radius 2 is 0.909 bits per heavy atom.